The van der Waals surface area contributed by atoms with Crippen LogP contribution in [0.1, 0.15) is 25.7 Å². The summed E-state index contributed by atoms with van der Waals surface area (Å²) in [4.78, 5) is 11.4. The molecule has 2 fully saturated rings. The van der Waals surface area contributed by atoms with Crippen molar-refractivity contribution in [2.75, 3.05) is 12.3 Å². The van der Waals surface area contributed by atoms with E-state index in [1.54, 1.807) is 0 Å². The lowest BCUT2D eigenvalue weighted by atomic mass is 9.99. The van der Waals surface area contributed by atoms with Crippen LogP contribution in [0.4, 0.5) is 0 Å². The lowest BCUT2D eigenvalue weighted by Gasteiger charge is -2.29. The molecule has 1 N–H and O–H groups in total. The van der Waals surface area contributed by atoms with E-state index in [2.05, 4.69) is 5.32 Å². The lowest BCUT2D eigenvalue weighted by Crippen LogP contribution is -2.36. The van der Waals surface area contributed by atoms with Crippen molar-refractivity contribution in [3.05, 3.63) is 0 Å². The Kier molecular flexibility index (Phi) is 1.83. The number of carbonyl (C=O) groups is 1. The second-order valence-electron chi connectivity index (χ2n) is 3.31. The van der Waals surface area contributed by atoms with Crippen LogP contribution < -0.4 is 5.32 Å². The van der Waals surface area contributed by atoms with E-state index in [4.69, 9.17) is 0 Å². The van der Waals surface area contributed by atoms with Crippen LogP contribution in [0.15, 0.2) is 0 Å². The van der Waals surface area contributed by atoms with Gasteiger partial charge < -0.3 is 5.32 Å². The van der Waals surface area contributed by atoms with Crippen molar-refractivity contribution < 1.29 is 4.79 Å². The average molecular weight is 171 g/mol. The summed E-state index contributed by atoms with van der Waals surface area (Å²) < 4.78 is -0.00174. The molecular weight excluding hydrogens is 158 g/mol. The molecule has 0 aliphatic carbocycles. The highest BCUT2D eigenvalue weighted by Gasteiger charge is 2.43. The first-order valence-corrected chi connectivity index (χ1v) is 5.24. The van der Waals surface area contributed by atoms with E-state index >= 15 is 0 Å². The Morgan fingerprint density at radius 2 is 2.27 bits per heavy atom. The lowest BCUT2D eigenvalue weighted by molar-refractivity contribution is -0.121. The molecule has 0 radical (unpaired) electrons. The fraction of sp³-hybridized carbons (Fsp3) is 0.875. The monoisotopic (exact) mass is 171 g/mol. The van der Waals surface area contributed by atoms with E-state index in [1.165, 1.54) is 18.6 Å². The van der Waals surface area contributed by atoms with Crippen LogP contribution in [0, 0.1) is 0 Å². The summed E-state index contributed by atoms with van der Waals surface area (Å²) >= 11 is 1.87. The molecule has 0 aromatic heterocycles. The summed E-state index contributed by atoms with van der Waals surface area (Å²) in [5, 5.41) is 2.92. The Balaban J connectivity index is 2.12. The number of amides is 1. The molecule has 1 spiro atoms. The van der Waals surface area contributed by atoms with E-state index in [9.17, 15) is 4.79 Å². The van der Waals surface area contributed by atoms with Crippen molar-refractivity contribution in [1.82, 2.24) is 5.32 Å². The second-order valence-corrected chi connectivity index (χ2v) is 4.78. The van der Waals surface area contributed by atoms with Gasteiger partial charge in [0, 0.05) is 6.54 Å². The molecule has 0 bridgehead atoms. The van der Waals surface area contributed by atoms with Gasteiger partial charge in [-0.1, -0.05) is 6.42 Å². The third kappa shape index (κ3) is 1.15. The average Bonchev–Trinajstić information content (AvgIpc) is 2.36. The van der Waals surface area contributed by atoms with E-state index < -0.39 is 0 Å². The van der Waals surface area contributed by atoms with Gasteiger partial charge in [0.05, 0.1) is 4.75 Å². The van der Waals surface area contributed by atoms with Crippen molar-refractivity contribution in [1.29, 1.82) is 0 Å². The number of nitrogens with one attached hydrogen (secondary N) is 1. The van der Waals surface area contributed by atoms with Crippen LogP contribution in [-0.2, 0) is 4.79 Å². The molecule has 2 rings (SSSR count). The van der Waals surface area contributed by atoms with E-state index in [0.29, 0.717) is 5.91 Å². The molecule has 2 heterocycles. The standard InChI is InChI=1S/C8H13NOS/c10-7-8(4-5-9-7)3-1-2-6-11-8/h1-6H2,(H,9,10). The van der Waals surface area contributed by atoms with Crippen LogP contribution in [0.2, 0.25) is 0 Å². The molecule has 1 atom stereocenters. The molecule has 2 saturated heterocycles. The Hall–Kier alpha value is -0.180. The minimum absolute atomic E-state index is 0.00174. The third-order valence-corrected chi connectivity index (χ3v) is 4.22. The fourth-order valence-corrected chi connectivity index (χ4v) is 3.36. The predicted octanol–water partition coefficient (Wildman–Crippen LogP) is 1.16. The van der Waals surface area contributed by atoms with Gasteiger partial charge in [-0.3, -0.25) is 4.79 Å². The zero-order chi connectivity index (χ0) is 7.73. The molecular formula is C8H13NOS. The van der Waals surface area contributed by atoms with Gasteiger partial charge in [0.25, 0.3) is 0 Å². The van der Waals surface area contributed by atoms with Crippen molar-refractivity contribution in [3.8, 4) is 0 Å². The summed E-state index contributed by atoms with van der Waals surface area (Å²) in [6.45, 7) is 0.895. The zero-order valence-electron chi connectivity index (χ0n) is 6.56. The first-order valence-electron chi connectivity index (χ1n) is 4.26. The highest BCUT2D eigenvalue weighted by molar-refractivity contribution is 8.01. The summed E-state index contributed by atoms with van der Waals surface area (Å²) in [5.74, 6) is 1.47. The molecule has 0 saturated carbocycles. The number of hydrogen-bond acceptors (Lipinski definition) is 2. The van der Waals surface area contributed by atoms with Crippen LogP contribution >= 0.6 is 11.8 Å². The predicted molar refractivity (Wildman–Crippen MR) is 46.7 cm³/mol. The van der Waals surface area contributed by atoms with Gasteiger partial charge in [-0.2, -0.15) is 0 Å². The molecule has 62 valence electrons. The van der Waals surface area contributed by atoms with Gasteiger partial charge in [-0.05, 0) is 25.0 Å². The molecule has 3 heteroatoms. The number of thioether (sulfide) groups is 1. The number of rotatable bonds is 0. The Bertz CT molecular complexity index is 175. The van der Waals surface area contributed by atoms with Gasteiger partial charge in [-0.25, -0.2) is 0 Å². The first kappa shape index (κ1) is 7.47. The molecule has 2 nitrogen and oxygen atoms in total. The van der Waals surface area contributed by atoms with Crippen LogP contribution in [-0.4, -0.2) is 23.0 Å². The molecule has 1 amide bonds. The van der Waals surface area contributed by atoms with Crippen molar-refractivity contribution in [3.63, 3.8) is 0 Å². The summed E-state index contributed by atoms with van der Waals surface area (Å²) in [5.41, 5.74) is 0. The van der Waals surface area contributed by atoms with Crippen LogP contribution in [0.25, 0.3) is 0 Å². The first-order chi connectivity index (χ1) is 5.33. The number of hydrogen-bond donors (Lipinski definition) is 1. The maximum absolute atomic E-state index is 11.4. The van der Waals surface area contributed by atoms with E-state index in [1.807, 2.05) is 11.8 Å². The maximum Gasteiger partial charge on any atom is 0.236 e. The quantitative estimate of drug-likeness (QED) is 0.592. The topological polar surface area (TPSA) is 29.1 Å². The highest BCUT2D eigenvalue weighted by Crippen LogP contribution is 2.41. The molecule has 0 aromatic rings. The van der Waals surface area contributed by atoms with Crippen molar-refractivity contribution in [2.45, 2.75) is 30.4 Å². The largest absolute Gasteiger partial charge is 0.355 e. The Labute approximate surface area is 71.1 Å². The third-order valence-electron chi connectivity index (χ3n) is 2.58. The van der Waals surface area contributed by atoms with Gasteiger partial charge >= 0.3 is 0 Å². The van der Waals surface area contributed by atoms with Crippen LogP contribution in [0.3, 0.4) is 0 Å². The molecule has 2 aliphatic rings. The minimum atomic E-state index is -0.00174. The molecule has 1 unspecified atom stereocenters. The summed E-state index contributed by atoms with van der Waals surface area (Å²) in [6, 6.07) is 0. The SMILES string of the molecule is O=C1NCCC12CCCCS2. The van der Waals surface area contributed by atoms with E-state index in [-0.39, 0.29) is 4.75 Å². The second kappa shape index (κ2) is 2.70. The molecule has 0 aromatic carbocycles. The van der Waals surface area contributed by atoms with Gasteiger partial charge in [0.2, 0.25) is 5.91 Å². The fourth-order valence-electron chi connectivity index (χ4n) is 1.88. The van der Waals surface area contributed by atoms with Gasteiger partial charge in [0.15, 0.2) is 0 Å². The minimum Gasteiger partial charge on any atom is -0.355 e. The van der Waals surface area contributed by atoms with Gasteiger partial charge in [-0.15, -0.1) is 11.8 Å². The summed E-state index contributed by atoms with van der Waals surface area (Å²) in [6.07, 6.45) is 4.68. The zero-order valence-corrected chi connectivity index (χ0v) is 7.38. The Morgan fingerprint density at radius 1 is 1.36 bits per heavy atom. The molecule has 2 aliphatic heterocycles. The molecule has 11 heavy (non-hydrogen) atoms. The Morgan fingerprint density at radius 3 is 2.82 bits per heavy atom. The highest BCUT2D eigenvalue weighted by atomic mass is 32.2. The summed E-state index contributed by atoms with van der Waals surface area (Å²) in [7, 11) is 0. The van der Waals surface area contributed by atoms with Crippen molar-refractivity contribution in [2.24, 2.45) is 0 Å². The maximum atomic E-state index is 11.4. The van der Waals surface area contributed by atoms with Crippen LogP contribution in [0.5, 0.6) is 0 Å². The smallest absolute Gasteiger partial charge is 0.236 e. The number of carbonyl (C=O) groups excluding carboxylic acids is 1. The normalized spacial score (nSPS) is 37.6. The van der Waals surface area contributed by atoms with E-state index in [0.717, 1.165) is 19.4 Å². The van der Waals surface area contributed by atoms with Gasteiger partial charge in [0.1, 0.15) is 0 Å². The van der Waals surface area contributed by atoms with Crippen molar-refractivity contribution >= 4 is 17.7 Å².